The molecule has 1 rings (SSSR count). The summed E-state index contributed by atoms with van der Waals surface area (Å²) in [6.07, 6.45) is -3.00. The molecule has 0 unspecified atom stereocenters. The number of hydrogen-bond acceptors (Lipinski definition) is 8. The van der Waals surface area contributed by atoms with Crippen molar-refractivity contribution in [1.82, 2.24) is 0 Å². The second kappa shape index (κ2) is 8.70. The summed E-state index contributed by atoms with van der Waals surface area (Å²) in [5.41, 5.74) is 8.73. The van der Waals surface area contributed by atoms with Crippen LogP contribution in [0, 0.1) is 0 Å². The number of nitrogens with zero attached hydrogens (tertiary/aromatic N) is 3. The second-order valence-electron chi connectivity index (χ2n) is 4.67. The molecule has 5 atom stereocenters. The Morgan fingerprint density at radius 3 is 2.17 bits per heavy atom. The lowest BCUT2D eigenvalue weighted by atomic mass is 9.97. The van der Waals surface area contributed by atoms with Gasteiger partial charge in [-0.15, -0.1) is 0 Å². The van der Waals surface area contributed by atoms with Gasteiger partial charge in [-0.1, -0.05) is 21.0 Å². The monoisotopic (exact) mass is 393 g/mol. The summed E-state index contributed by atoms with van der Waals surface area (Å²) < 4.78 is 20.6. The van der Waals surface area contributed by atoms with E-state index < -0.39 is 47.3 Å². The highest BCUT2D eigenvalue weighted by Crippen LogP contribution is 2.31. The molecule has 0 aromatic heterocycles. The van der Waals surface area contributed by atoms with Crippen LogP contribution in [-0.2, 0) is 33.3 Å². The van der Waals surface area contributed by atoms with E-state index in [1.165, 1.54) is 13.8 Å². The minimum Gasteiger partial charge on any atom is -0.463 e. The maximum atomic E-state index is 11.3. The summed E-state index contributed by atoms with van der Waals surface area (Å²) in [5, 5.41) is 2.70. The van der Waals surface area contributed by atoms with E-state index >= 15 is 0 Å². The minimum absolute atomic E-state index is 0.217. The molecule has 1 saturated heterocycles. The van der Waals surface area contributed by atoms with E-state index in [1.807, 2.05) is 0 Å². The average molecular weight is 394 g/mol. The second-order valence-corrected chi connectivity index (χ2v) is 5.57. The number of esters is 3. The Labute approximate surface area is 140 Å². The van der Waals surface area contributed by atoms with E-state index in [0.717, 1.165) is 6.92 Å². The summed E-state index contributed by atoms with van der Waals surface area (Å²) in [5.74, 6) is -1.83. The third-order valence-corrected chi connectivity index (χ3v) is 3.58. The van der Waals surface area contributed by atoms with Crippen LogP contribution in [0.25, 0.3) is 10.4 Å². The first-order valence-corrected chi connectivity index (χ1v) is 7.49. The molecule has 0 aromatic carbocycles. The predicted octanol–water partition coefficient (Wildman–Crippen LogP) is 1.21. The molecule has 0 amide bonds. The van der Waals surface area contributed by atoms with Gasteiger partial charge in [0.1, 0.15) is 18.8 Å². The number of carbonyl (C=O) groups excluding carboxylic acids is 3. The van der Waals surface area contributed by atoms with Crippen molar-refractivity contribution in [2.24, 2.45) is 5.11 Å². The van der Waals surface area contributed by atoms with E-state index in [2.05, 4.69) is 26.0 Å². The van der Waals surface area contributed by atoms with Crippen LogP contribution >= 0.6 is 15.9 Å². The molecular weight excluding hydrogens is 378 g/mol. The molecule has 0 N–H and O–H groups in total. The number of ether oxygens (including phenoxy) is 4. The van der Waals surface area contributed by atoms with Crippen LogP contribution in [0.5, 0.6) is 0 Å². The standard InChI is InChI=1S/C12H16BrN3O7/c1-5(17)20-4-8-9(15-16-14)10(21-6(2)18)11(12(13)23-8)22-7(3)19/h8-12H,4H2,1-3H3/t8-,9-,10+,11-,12+/m1/s1. The predicted molar refractivity (Wildman–Crippen MR) is 78.3 cm³/mol. The van der Waals surface area contributed by atoms with E-state index in [4.69, 9.17) is 24.5 Å². The van der Waals surface area contributed by atoms with Crippen molar-refractivity contribution in [1.29, 1.82) is 0 Å². The minimum atomic E-state index is -1.09. The molecule has 0 spiro atoms. The third-order valence-electron chi connectivity index (χ3n) is 2.84. The molecule has 1 aliphatic heterocycles. The molecule has 10 nitrogen and oxygen atoms in total. The molecule has 0 saturated carbocycles. The quantitative estimate of drug-likeness (QED) is 0.171. The summed E-state index contributed by atoms with van der Waals surface area (Å²) in [6, 6.07) is -1.04. The van der Waals surface area contributed by atoms with Crippen LogP contribution in [-0.4, -0.2) is 53.9 Å². The van der Waals surface area contributed by atoms with Gasteiger partial charge in [-0.05, 0) is 5.53 Å². The number of alkyl halides is 1. The molecule has 1 fully saturated rings. The van der Waals surface area contributed by atoms with Gasteiger partial charge in [0.2, 0.25) is 0 Å². The normalized spacial score (nSPS) is 29.8. The van der Waals surface area contributed by atoms with Gasteiger partial charge in [-0.2, -0.15) is 0 Å². The van der Waals surface area contributed by atoms with Crippen LogP contribution in [0.15, 0.2) is 5.11 Å². The van der Waals surface area contributed by atoms with Crippen molar-refractivity contribution in [3.63, 3.8) is 0 Å². The third kappa shape index (κ3) is 5.70. The molecule has 128 valence electrons. The SMILES string of the molecule is CC(=O)OC[C@H]1O[C@H](Br)[C@H](OC(C)=O)[C@@H](OC(C)=O)[C@@H]1N=[N+]=[N-]. The van der Waals surface area contributed by atoms with Crippen molar-refractivity contribution in [2.75, 3.05) is 6.61 Å². The van der Waals surface area contributed by atoms with Crippen molar-refractivity contribution < 1.29 is 33.3 Å². The summed E-state index contributed by atoms with van der Waals surface area (Å²) in [6.45, 7) is 3.34. The number of azide groups is 1. The Morgan fingerprint density at radius 2 is 1.70 bits per heavy atom. The van der Waals surface area contributed by atoms with Gasteiger partial charge in [-0.3, -0.25) is 14.4 Å². The largest absolute Gasteiger partial charge is 0.463 e. The highest BCUT2D eigenvalue weighted by atomic mass is 79.9. The summed E-state index contributed by atoms with van der Waals surface area (Å²) in [4.78, 5) is 36.2. The fraction of sp³-hybridized carbons (Fsp3) is 0.750. The maximum absolute atomic E-state index is 11.3. The van der Waals surface area contributed by atoms with Crippen LogP contribution in [0.3, 0.4) is 0 Å². The topological polar surface area (TPSA) is 137 Å². The fourth-order valence-corrected chi connectivity index (χ4v) is 2.74. The fourth-order valence-electron chi connectivity index (χ4n) is 2.06. The van der Waals surface area contributed by atoms with Crippen molar-refractivity contribution in [3.8, 4) is 0 Å². The number of halogens is 1. The zero-order valence-corrected chi connectivity index (χ0v) is 14.3. The molecule has 23 heavy (non-hydrogen) atoms. The Bertz CT molecular complexity index is 523. The number of rotatable bonds is 5. The lowest BCUT2D eigenvalue weighted by molar-refractivity contribution is -0.201. The van der Waals surface area contributed by atoms with E-state index in [9.17, 15) is 14.4 Å². The van der Waals surface area contributed by atoms with Gasteiger partial charge in [-0.25, -0.2) is 0 Å². The van der Waals surface area contributed by atoms with Crippen LogP contribution in [0.2, 0.25) is 0 Å². The maximum Gasteiger partial charge on any atom is 0.303 e. The lowest BCUT2D eigenvalue weighted by Crippen LogP contribution is -2.58. The van der Waals surface area contributed by atoms with Crippen LogP contribution in [0.1, 0.15) is 20.8 Å². The smallest absolute Gasteiger partial charge is 0.303 e. The van der Waals surface area contributed by atoms with Crippen molar-refractivity contribution in [3.05, 3.63) is 10.4 Å². The Morgan fingerprint density at radius 1 is 1.13 bits per heavy atom. The van der Waals surface area contributed by atoms with E-state index in [1.54, 1.807) is 0 Å². The van der Waals surface area contributed by atoms with Crippen LogP contribution < -0.4 is 0 Å². The van der Waals surface area contributed by atoms with Gasteiger partial charge in [0, 0.05) is 25.7 Å². The lowest BCUT2D eigenvalue weighted by Gasteiger charge is -2.41. The molecule has 0 aliphatic carbocycles. The zero-order valence-electron chi connectivity index (χ0n) is 12.7. The molecule has 1 heterocycles. The first-order chi connectivity index (χ1) is 10.8. The van der Waals surface area contributed by atoms with Gasteiger partial charge < -0.3 is 18.9 Å². The molecule has 0 bridgehead atoms. The van der Waals surface area contributed by atoms with Crippen LogP contribution in [0.4, 0.5) is 0 Å². The average Bonchev–Trinajstić information content (AvgIpc) is 2.43. The van der Waals surface area contributed by atoms with E-state index in [-0.39, 0.29) is 6.61 Å². The number of hydrogen-bond donors (Lipinski definition) is 0. The highest BCUT2D eigenvalue weighted by molar-refractivity contribution is 9.09. The Hall–Kier alpha value is -1.84. The van der Waals surface area contributed by atoms with E-state index in [0.29, 0.717) is 0 Å². The van der Waals surface area contributed by atoms with Crippen molar-refractivity contribution in [2.45, 2.75) is 50.1 Å². The van der Waals surface area contributed by atoms with Gasteiger partial charge >= 0.3 is 17.9 Å². The molecular formula is C12H16BrN3O7. The molecule has 0 radical (unpaired) electrons. The Kier molecular flexibility index (Phi) is 7.27. The Balaban J connectivity index is 3.09. The number of carbonyl (C=O) groups is 3. The highest BCUT2D eigenvalue weighted by Gasteiger charge is 2.49. The summed E-state index contributed by atoms with van der Waals surface area (Å²) in [7, 11) is 0. The molecule has 11 heteroatoms. The zero-order chi connectivity index (χ0) is 17.6. The van der Waals surface area contributed by atoms with Gasteiger partial charge in [0.15, 0.2) is 17.2 Å². The van der Waals surface area contributed by atoms with Crippen molar-refractivity contribution >= 4 is 33.8 Å². The first-order valence-electron chi connectivity index (χ1n) is 6.57. The first kappa shape index (κ1) is 19.2. The molecule has 1 aliphatic rings. The van der Waals surface area contributed by atoms with Gasteiger partial charge in [0.25, 0.3) is 0 Å². The molecule has 0 aromatic rings. The van der Waals surface area contributed by atoms with Gasteiger partial charge in [0.05, 0.1) is 0 Å². The summed E-state index contributed by atoms with van der Waals surface area (Å²) >= 11 is 3.17.